The standard InChI is InChI=1S/C13H15BrF2N2O2/c1-2-20-12(19)11-10(7-9(14)8-17-11)18-5-3-13(15,16)4-6-18/h7-8H,2-6H2,1H3. The molecule has 0 bridgehead atoms. The van der Waals surface area contributed by atoms with Crippen molar-refractivity contribution in [1.29, 1.82) is 0 Å². The molecule has 0 aliphatic carbocycles. The summed E-state index contributed by atoms with van der Waals surface area (Å²) in [6.45, 7) is 2.33. The Labute approximate surface area is 124 Å². The topological polar surface area (TPSA) is 42.4 Å². The molecule has 1 aromatic heterocycles. The van der Waals surface area contributed by atoms with Gasteiger partial charge >= 0.3 is 5.97 Å². The number of nitrogens with zero attached hydrogens (tertiary/aromatic N) is 2. The number of carbonyl (C=O) groups is 1. The van der Waals surface area contributed by atoms with Crippen LogP contribution < -0.4 is 4.90 Å². The molecular formula is C13H15BrF2N2O2. The van der Waals surface area contributed by atoms with Crippen molar-refractivity contribution in [2.45, 2.75) is 25.7 Å². The third-order valence-electron chi connectivity index (χ3n) is 3.14. The van der Waals surface area contributed by atoms with Gasteiger partial charge < -0.3 is 9.64 Å². The monoisotopic (exact) mass is 348 g/mol. The molecule has 0 saturated carbocycles. The zero-order valence-corrected chi connectivity index (χ0v) is 12.6. The summed E-state index contributed by atoms with van der Waals surface area (Å²) in [7, 11) is 0. The maximum absolute atomic E-state index is 13.2. The van der Waals surface area contributed by atoms with Crippen LogP contribution in [0.2, 0.25) is 0 Å². The SMILES string of the molecule is CCOC(=O)c1ncc(Br)cc1N1CCC(F)(F)CC1. The predicted molar refractivity (Wildman–Crippen MR) is 74.3 cm³/mol. The molecule has 1 fully saturated rings. The number of aromatic nitrogens is 1. The van der Waals surface area contributed by atoms with Crippen LogP contribution in [0.15, 0.2) is 16.7 Å². The van der Waals surface area contributed by atoms with E-state index in [-0.39, 0.29) is 38.2 Å². The van der Waals surface area contributed by atoms with E-state index in [1.165, 1.54) is 6.20 Å². The van der Waals surface area contributed by atoms with Gasteiger partial charge in [-0.15, -0.1) is 0 Å². The zero-order valence-electron chi connectivity index (χ0n) is 11.0. The minimum atomic E-state index is -2.62. The second kappa shape index (κ2) is 6.03. The van der Waals surface area contributed by atoms with Crippen LogP contribution in [-0.2, 0) is 4.74 Å². The van der Waals surface area contributed by atoms with E-state index < -0.39 is 11.9 Å². The first-order chi connectivity index (χ1) is 9.43. The van der Waals surface area contributed by atoms with Gasteiger partial charge in [-0.05, 0) is 28.9 Å². The van der Waals surface area contributed by atoms with Gasteiger partial charge in [0.15, 0.2) is 5.69 Å². The summed E-state index contributed by atoms with van der Waals surface area (Å²) < 4.78 is 32.1. The average molecular weight is 349 g/mol. The Morgan fingerprint density at radius 2 is 2.15 bits per heavy atom. The molecule has 1 aromatic rings. The molecule has 4 nitrogen and oxygen atoms in total. The fraction of sp³-hybridized carbons (Fsp3) is 0.538. The molecule has 0 N–H and O–H groups in total. The summed E-state index contributed by atoms with van der Waals surface area (Å²) in [6, 6.07) is 1.71. The smallest absolute Gasteiger partial charge is 0.359 e. The Kier molecular flexibility index (Phi) is 4.57. The van der Waals surface area contributed by atoms with Crippen LogP contribution in [0.1, 0.15) is 30.3 Å². The van der Waals surface area contributed by atoms with E-state index in [0.717, 1.165) is 0 Å². The highest BCUT2D eigenvalue weighted by atomic mass is 79.9. The quantitative estimate of drug-likeness (QED) is 0.786. The molecule has 2 rings (SSSR count). The first-order valence-corrected chi connectivity index (χ1v) is 7.17. The fourth-order valence-electron chi connectivity index (χ4n) is 2.10. The molecule has 0 atom stereocenters. The molecule has 0 unspecified atom stereocenters. The second-order valence-electron chi connectivity index (χ2n) is 4.58. The number of alkyl halides is 2. The van der Waals surface area contributed by atoms with Crippen molar-refractivity contribution < 1.29 is 18.3 Å². The summed E-state index contributed by atoms with van der Waals surface area (Å²) in [6.07, 6.45) is 1.05. The lowest BCUT2D eigenvalue weighted by atomic mass is 10.1. The van der Waals surface area contributed by atoms with E-state index >= 15 is 0 Å². The van der Waals surface area contributed by atoms with Crippen LogP contribution in [0.4, 0.5) is 14.5 Å². The van der Waals surface area contributed by atoms with Crippen molar-refractivity contribution in [3.05, 3.63) is 22.4 Å². The van der Waals surface area contributed by atoms with Gasteiger partial charge in [-0.25, -0.2) is 18.6 Å². The molecule has 20 heavy (non-hydrogen) atoms. The fourth-order valence-corrected chi connectivity index (χ4v) is 2.42. The number of esters is 1. The normalized spacial score (nSPS) is 17.9. The molecular weight excluding hydrogens is 334 g/mol. The van der Waals surface area contributed by atoms with Gasteiger partial charge in [0.25, 0.3) is 5.92 Å². The number of rotatable bonds is 3. The summed E-state index contributed by atoms with van der Waals surface area (Å²) in [5.41, 5.74) is 0.702. The van der Waals surface area contributed by atoms with Gasteiger partial charge in [-0.3, -0.25) is 0 Å². The lowest BCUT2D eigenvalue weighted by Crippen LogP contribution is -2.40. The Morgan fingerprint density at radius 1 is 1.50 bits per heavy atom. The molecule has 1 saturated heterocycles. The lowest BCUT2D eigenvalue weighted by Gasteiger charge is -2.33. The molecule has 110 valence electrons. The van der Waals surface area contributed by atoms with Crippen molar-refractivity contribution >= 4 is 27.6 Å². The number of carbonyl (C=O) groups excluding carboxylic acids is 1. The number of anilines is 1. The first kappa shape index (κ1) is 15.2. The summed E-state index contributed by atoms with van der Waals surface area (Å²) in [5, 5.41) is 0. The molecule has 0 spiro atoms. The van der Waals surface area contributed by atoms with Crippen LogP contribution >= 0.6 is 15.9 Å². The van der Waals surface area contributed by atoms with Gasteiger partial charge in [0, 0.05) is 36.6 Å². The number of hydrogen-bond donors (Lipinski definition) is 0. The van der Waals surface area contributed by atoms with Gasteiger partial charge in [0.2, 0.25) is 0 Å². The molecule has 0 aromatic carbocycles. The number of ether oxygens (including phenoxy) is 1. The maximum atomic E-state index is 13.2. The Balaban J connectivity index is 2.26. The van der Waals surface area contributed by atoms with Gasteiger partial charge in [-0.2, -0.15) is 0 Å². The van der Waals surface area contributed by atoms with E-state index in [1.807, 2.05) is 0 Å². The predicted octanol–water partition coefficient (Wildman–Crippen LogP) is 3.26. The molecule has 0 radical (unpaired) electrons. The van der Waals surface area contributed by atoms with Crippen LogP contribution in [0.25, 0.3) is 0 Å². The Morgan fingerprint density at radius 3 is 2.75 bits per heavy atom. The van der Waals surface area contributed by atoms with Crippen LogP contribution in [-0.4, -0.2) is 36.6 Å². The van der Waals surface area contributed by atoms with Crippen molar-refractivity contribution in [3.8, 4) is 0 Å². The highest BCUT2D eigenvalue weighted by molar-refractivity contribution is 9.10. The van der Waals surface area contributed by atoms with E-state index in [1.54, 1.807) is 17.9 Å². The minimum Gasteiger partial charge on any atom is -0.461 e. The van der Waals surface area contributed by atoms with Crippen LogP contribution in [0.3, 0.4) is 0 Å². The van der Waals surface area contributed by atoms with E-state index in [0.29, 0.717) is 10.2 Å². The van der Waals surface area contributed by atoms with Gasteiger partial charge in [0.05, 0.1) is 12.3 Å². The highest BCUT2D eigenvalue weighted by Gasteiger charge is 2.35. The minimum absolute atomic E-state index is 0.167. The second-order valence-corrected chi connectivity index (χ2v) is 5.50. The Hall–Kier alpha value is -1.24. The van der Waals surface area contributed by atoms with Crippen LogP contribution in [0, 0.1) is 0 Å². The number of hydrogen-bond acceptors (Lipinski definition) is 4. The summed E-state index contributed by atoms with van der Waals surface area (Å²) in [5.74, 6) is -3.16. The number of piperidine rings is 1. The van der Waals surface area contributed by atoms with E-state index in [4.69, 9.17) is 4.74 Å². The number of halogens is 3. The zero-order chi connectivity index (χ0) is 14.8. The molecule has 2 heterocycles. The average Bonchev–Trinajstić information content (AvgIpc) is 2.38. The summed E-state index contributed by atoms with van der Waals surface area (Å²) >= 11 is 3.28. The maximum Gasteiger partial charge on any atom is 0.359 e. The first-order valence-electron chi connectivity index (χ1n) is 6.38. The van der Waals surface area contributed by atoms with Gasteiger partial charge in [0.1, 0.15) is 0 Å². The molecule has 1 aliphatic heterocycles. The van der Waals surface area contributed by atoms with Crippen molar-refractivity contribution in [1.82, 2.24) is 4.98 Å². The third-order valence-corrected chi connectivity index (χ3v) is 3.57. The third kappa shape index (κ3) is 3.45. The van der Waals surface area contributed by atoms with Crippen molar-refractivity contribution in [2.75, 3.05) is 24.6 Å². The molecule has 0 amide bonds. The molecule has 1 aliphatic rings. The van der Waals surface area contributed by atoms with Crippen LogP contribution in [0.5, 0.6) is 0 Å². The highest BCUT2D eigenvalue weighted by Crippen LogP contribution is 2.32. The number of pyridine rings is 1. The van der Waals surface area contributed by atoms with Gasteiger partial charge in [-0.1, -0.05) is 0 Å². The molecule has 7 heteroatoms. The summed E-state index contributed by atoms with van der Waals surface area (Å²) in [4.78, 5) is 17.7. The van der Waals surface area contributed by atoms with E-state index in [2.05, 4.69) is 20.9 Å². The lowest BCUT2D eigenvalue weighted by molar-refractivity contribution is -0.0220. The Bertz CT molecular complexity index is 501. The van der Waals surface area contributed by atoms with E-state index in [9.17, 15) is 13.6 Å². The van der Waals surface area contributed by atoms with Crippen molar-refractivity contribution in [3.63, 3.8) is 0 Å². The van der Waals surface area contributed by atoms with Crippen molar-refractivity contribution in [2.24, 2.45) is 0 Å². The largest absolute Gasteiger partial charge is 0.461 e.